The smallest absolute Gasteiger partial charge is 0.00428 e. The average molecular weight is 175 g/mol. The molecule has 1 heteroatoms. The van der Waals surface area contributed by atoms with Crippen LogP contribution in [-0.2, 0) is 6.42 Å². The number of benzene rings is 1. The second-order valence-electron chi connectivity index (χ2n) is 3.93. The lowest BCUT2D eigenvalue weighted by Gasteiger charge is -2.00. The van der Waals surface area contributed by atoms with Gasteiger partial charge in [0, 0.05) is 0 Å². The fourth-order valence-electron chi connectivity index (χ4n) is 1.92. The molecule has 2 rings (SSSR count). The van der Waals surface area contributed by atoms with Crippen molar-refractivity contribution in [3.63, 3.8) is 0 Å². The first kappa shape index (κ1) is 8.76. The van der Waals surface area contributed by atoms with E-state index in [1.165, 1.54) is 17.5 Å². The van der Waals surface area contributed by atoms with Gasteiger partial charge >= 0.3 is 0 Å². The lowest BCUT2D eigenvalue weighted by Crippen LogP contribution is -2.01. The molecule has 1 fully saturated rings. The minimum absolute atomic E-state index is 0.757. The lowest BCUT2D eigenvalue weighted by molar-refractivity contribution is 0.809. The maximum Gasteiger partial charge on any atom is -0.00428 e. The lowest BCUT2D eigenvalue weighted by atomic mass is 10.1. The van der Waals surface area contributed by atoms with Crippen molar-refractivity contribution in [1.29, 1.82) is 0 Å². The van der Waals surface area contributed by atoms with Crippen LogP contribution in [0.2, 0.25) is 0 Å². The van der Waals surface area contributed by atoms with Crippen molar-refractivity contribution in [2.75, 3.05) is 6.54 Å². The van der Waals surface area contributed by atoms with Crippen LogP contribution in [0.25, 0.3) is 0 Å². The summed E-state index contributed by atoms with van der Waals surface area (Å²) in [5.74, 6) is 1.52. The van der Waals surface area contributed by atoms with Crippen LogP contribution in [0.3, 0.4) is 0 Å². The summed E-state index contributed by atoms with van der Waals surface area (Å²) in [5.41, 5.74) is 8.52. The molecule has 1 saturated carbocycles. The van der Waals surface area contributed by atoms with E-state index in [1.807, 2.05) is 0 Å². The van der Waals surface area contributed by atoms with E-state index >= 15 is 0 Å². The standard InChI is InChI=1S/C12H17N/c1-2-9-3-5-10(6-4-9)12-7-11(12)8-13/h3-6,11-12H,2,7-8,13H2,1H3. The largest absolute Gasteiger partial charge is 0.330 e. The number of hydrogen-bond acceptors (Lipinski definition) is 1. The second-order valence-corrected chi connectivity index (χ2v) is 3.93. The highest BCUT2D eigenvalue weighted by molar-refractivity contribution is 5.29. The zero-order chi connectivity index (χ0) is 9.26. The van der Waals surface area contributed by atoms with Crippen molar-refractivity contribution in [2.45, 2.75) is 25.7 Å². The average Bonchev–Trinajstić information content (AvgIpc) is 2.97. The van der Waals surface area contributed by atoms with E-state index < -0.39 is 0 Å². The van der Waals surface area contributed by atoms with Gasteiger partial charge in [0.15, 0.2) is 0 Å². The predicted molar refractivity (Wildman–Crippen MR) is 55.7 cm³/mol. The van der Waals surface area contributed by atoms with Crippen molar-refractivity contribution in [3.05, 3.63) is 35.4 Å². The summed E-state index contributed by atoms with van der Waals surface area (Å²) in [6, 6.07) is 9.00. The molecule has 1 nitrogen and oxygen atoms in total. The van der Waals surface area contributed by atoms with Gasteiger partial charge in [-0.2, -0.15) is 0 Å². The van der Waals surface area contributed by atoms with Gasteiger partial charge in [0.05, 0.1) is 0 Å². The van der Waals surface area contributed by atoms with E-state index in [1.54, 1.807) is 0 Å². The molecule has 2 N–H and O–H groups in total. The number of nitrogens with two attached hydrogens (primary N) is 1. The Hall–Kier alpha value is -0.820. The van der Waals surface area contributed by atoms with Crippen molar-refractivity contribution in [2.24, 2.45) is 11.7 Å². The zero-order valence-corrected chi connectivity index (χ0v) is 8.16. The van der Waals surface area contributed by atoms with E-state index in [0.717, 1.165) is 24.8 Å². The van der Waals surface area contributed by atoms with Gasteiger partial charge in [0.1, 0.15) is 0 Å². The highest BCUT2D eigenvalue weighted by Crippen LogP contribution is 2.46. The van der Waals surface area contributed by atoms with Crippen molar-refractivity contribution >= 4 is 0 Å². The van der Waals surface area contributed by atoms with Gasteiger partial charge < -0.3 is 5.73 Å². The Morgan fingerprint density at radius 3 is 2.46 bits per heavy atom. The third-order valence-corrected chi connectivity index (χ3v) is 3.04. The normalized spacial score (nSPS) is 26.0. The van der Waals surface area contributed by atoms with Crippen LogP contribution in [0.4, 0.5) is 0 Å². The Kier molecular flexibility index (Phi) is 2.36. The molecule has 0 amide bonds. The van der Waals surface area contributed by atoms with E-state index in [-0.39, 0.29) is 0 Å². The molecule has 0 radical (unpaired) electrons. The Labute approximate surface area is 80.0 Å². The molecule has 0 aliphatic heterocycles. The van der Waals surface area contributed by atoms with E-state index in [0.29, 0.717) is 0 Å². The molecule has 1 aromatic rings. The fraction of sp³-hybridized carbons (Fsp3) is 0.500. The quantitative estimate of drug-likeness (QED) is 0.749. The van der Waals surface area contributed by atoms with Crippen LogP contribution in [0.5, 0.6) is 0 Å². The van der Waals surface area contributed by atoms with Crippen LogP contribution in [0.1, 0.15) is 30.4 Å². The van der Waals surface area contributed by atoms with Gasteiger partial charge in [-0.1, -0.05) is 31.2 Å². The van der Waals surface area contributed by atoms with Gasteiger partial charge in [-0.05, 0) is 42.3 Å². The minimum atomic E-state index is 0.757. The summed E-state index contributed by atoms with van der Waals surface area (Å²) >= 11 is 0. The molecule has 13 heavy (non-hydrogen) atoms. The molecule has 0 spiro atoms. The first-order valence-corrected chi connectivity index (χ1v) is 5.14. The summed E-state index contributed by atoms with van der Waals surface area (Å²) in [4.78, 5) is 0. The molecular formula is C12H17N. The maximum atomic E-state index is 5.62. The molecule has 1 aliphatic rings. The molecule has 70 valence electrons. The van der Waals surface area contributed by atoms with Crippen LogP contribution in [-0.4, -0.2) is 6.54 Å². The molecule has 2 atom stereocenters. The third-order valence-electron chi connectivity index (χ3n) is 3.04. The summed E-state index contributed by atoms with van der Waals surface area (Å²) < 4.78 is 0. The molecule has 0 bridgehead atoms. The van der Waals surface area contributed by atoms with E-state index in [9.17, 15) is 0 Å². The Morgan fingerprint density at radius 1 is 1.31 bits per heavy atom. The highest BCUT2D eigenvalue weighted by Gasteiger charge is 2.36. The van der Waals surface area contributed by atoms with Crippen molar-refractivity contribution < 1.29 is 0 Å². The molecule has 1 aliphatic carbocycles. The Balaban J connectivity index is 2.07. The Bertz CT molecular complexity index is 276. The Morgan fingerprint density at radius 2 is 2.00 bits per heavy atom. The molecule has 0 heterocycles. The second kappa shape index (κ2) is 3.51. The summed E-state index contributed by atoms with van der Waals surface area (Å²) in [5, 5.41) is 0. The summed E-state index contributed by atoms with van der Waals surface area (Å²) in [7, 11) is 0. The van der Waals surface area contributed by atoms with Crippen LogP contribution >= 0.6 is 0 Å². The molecule has 1 aromatic carbocycles. The third kappa shape index (κ3) is 1.75. The molecule has 2 unspecified atom stereocenters. The molecular weight excluding hydrogens is 158 g/mol. The van der Waals surface area contributed by atoms with Gasteiger partial charge in [-0.15, -0.1) is 0 Å². The first-order valence-electron chi connectivity index (χ1n) is 5.14. The van der Waals surface area contributed by atoms with Crippen LogP contribution < -0.4 is 5.73 Å². The topological polar surface area (TPSA) is 26.0 Å². The number of rotatable bonds is 3. The first-order chi connectivity index (χ1) is 6.35. The number of hydrogen-bond donors (Lipinski definition) is 1. The van der Waals surface area contributed by atoms with Gasteiger partial charge in [0.25, 0.3) is 0 Å². The van der Waals surface area contributed by atoms with Gasteiger partial charge in [0.2, 0.25) is 0 Å². The van der Waals surface area contributed by atoms with E-state index in [2.05, 4.69) is 31.2 Å². The monoisotopic (exact) mass is 175 g/mol. The van der Waals surface area contributed by atoms with Gasteiger partial charge in [-0.3, -0.25) is 0 Å². The number of aryl methyl sites for hydroxylation is 1. The van der Waals surface area contributed by atoms with Crippen molar-refractivity contribution in [3.8, 4) is 0 Å². The SMILES string of the molecule is CCc1ccc(C2CC2CN)cc1. The zero-order valence-electron chi connectivity index (χ0n) is 8.16. The fourth-order valence-corrected chi connectivity index (χ4v) is 1.92. The minimum Gasteiger partial charge on any atom is -0.330 e. The highest BCUT2D eigenvalue weighted by atomic mass is 14.6. The predicted octanol–water partition coefficient (Wildman–Crippen LogP) is 2.31. The molecule has 0 saturated heterocycles. The van der Waals surface area contributed by atoms with E-state index in [4.69, 9.17) is 5.73 Å². The van der Waals surface area contributed by atoms with Crippen LogP contribution in [0, 0.1) is 5.92 Å². The van der Waals surface area contributed by atoms with Gasteiger partial charge in [-0.25, -0.2) is 0 Å². The van der Waals surface area contributed by atoms with Crippen molar-refractivity contribution in [1.82, 2.24) is 0 Å². The summed E-state index contributed by atoms with van der Waals surface area (Å²) in [6.45, 7) is 3.04. The maximum absolute atomic E-state index is 5.62. The summed E-state index contributed by atoms with van der Waals surface area (Å²) in [6.07, 6.45) is 2.42. The van der Waals surface area contributed by atoms with Crippen LogP contribution in [0.15, 0.2) is 24.3 Å². The molecule has 0 aromatic heterocycles.